The van der Waals surface area contributed by atoms with Gasteiger partial charge in [-0.1, -0.05) is 0 Å². The number of carbonyl (C=O) groups excluding carboxylic acids is 2. The van der Waals surface area contributed by atoms with Gasteiger partial charge in [-0.3, -0.25) is 14.6 Å². The summed E-state index contributed by atoms with van der Waals surface area (Å²) < 4.78 is 0. The van der Waals surface area contributed by atoms with Gasteiger partial charge < -0.3 is 10.2 Å². The van der Waals surface area contributed by atoms with Crippen molar-refractivity contribution in [2.24, 2.45) is 5.92 Å². The molecule has 5 heteroatoms. The number of anilines is 1. The molecule has 1 aliphatic rings. The summed E-state index contributed by atoms with van der Waals surface area (Å²) in [6.45, 7) is 0.438. The van der Waals surface area contributed by atoms with Crippen molar-refractivity contribution in [3.63, 3.8) is 0 Å². The SMILES string of the molecule is CN(C(=O)C1CNC(=O)C1)c1ccncc1. The highest BCUT2D eigenvalue weighted by Crippen LogP contribution is 2.17. The van der Waals surface area contributed by atoms with Crippen molar-refractivity contribution >= 4 is 17.5 Å². The quantitative estimate of drug-likeness (QED) is 0.771. The second-order valence-electron chi connectivity index (χ2n) is 3.81. The van der Waals surface area contributed by atoms with Crippen LogP contribution >= 0.6 is 0 Å². The van der Waals surface area contributed by atoms with Gasteiger partial charge in [-0.2, -0.15) is 0 Å². The molecule has 1 fully saturated rings. The first-order chi connectivity index (χ1) is 7.68. The Morgan fingerprint density at radius 1 is 1.50 bits per heavy atom. The highest BCUT2D eigenvalue weighted by atomic mass is 16.2. The summed E-state index contributed by atoms with van der Waals surface area (Å²) in [5.74, 6) is -0.336. The molecular weight excluding hydrogens is 206 g/mol. The first-order valence-electron chi connectivity index (χ1n) is 5.13. The van der Waals surface area contributed by atoms with Crippen LogP contribution in [0.3, 0.4) is 0 Å². The van der Waals surface area contributed by atoms with Gasteiger partial charge in [0.25, 0.3) is 0 Å². The second-order valence-corrected chi connectivity index (χ2v) is 3.81. The van der Waals surface area contributed by atoms with Gasteiger partial charge in [0.05, 0.1) is 5.92 Å². The highest BCUT2D eigenvalue weighted by Gasteiger charge is 2.30. The summed E-state index contributed by atoms with van der Waals surface area (Å²) >= 11 is 0. The summed E-state index contributed by atoms with van der Waals surface area (Å²) in [6, 6.07) is 3.53. The van der Waals surface area contributed by atoms with Gasteiger partial charge in [0.1, 0.15) is 0 Å². The Balaban J connectivity index is 2.08. The Hall–Kier alpha value is -1.91. The molecule has 84 valence electrons. The molecule has 1 N–H and O–H groups in total. The van der Waals surface area contributed by atoms with E-state index in [1.807, 2.05) is 0 Å². The third-order valence-electron chi connectivity index (χ3n) is 2.71. The number of amides is 2. The maximum atomic E-state index is 12.0. The van der Waals surface area contributed by atoms with Crippen LogP contribution in [0.1, 0.15) is 6.42 Å². The Labute approximate surface area is 93.5 Å². The first-order valence-corrected chi connectivity index (χ1v) is 5.13. The van der Waals surface area contributed by atoms with E-state index in [1.54, 1.807) is 36.5 Å². The van der Waals surface area contributed by atoms with Crippen LogP contribution in [0.5, 0.6) is 0 Å². The molecule has 0 aliphatic carbocycles. The molecule has 0 aromatic carbocycles. The molecule has 1 unspecified atom stereocenters. The fraction of sp³-hybridized carbons (Fsp3) is 0.364. The molecule has 1 saturated heterocycles. The van der Waals surface area contributed by atoms with Gasteiger partial charge >= 0.3 is 0 Å². The third kappa shape index (κ3) is 2.03. The van der Waals surface area contributed by atoms with Crippen molar-refractivity contribution in [3.05, 3.63) is 24.5 Å². The van der Waals surface area contributed by atoms with E-state index in [0.717, 1.165) is 5.69 Å². The molecule has 2 amide bonds. The summed E-state index contributed by atoms with van der Waals surface area (Å²) in [4.78, 5) is 28.5. The molecule has 0 spiro atoms. The van der Waals surface area contributed by atoms with Crippen LogP contribution in [0.15, 0.2) is 24.5 Å². The molecule has 1 aliphatic heterocycles. The number of pyridine rings is 1. The summed E-state index contributed by atoms with van der Waals surface area (Å²) in [5, 5.41) is 2.66. The number of nitrogens with zero attached hydrogens (tertiary/aromatic N) is 2. The standard InChI is InChI=1S/C11H13N3O2/c1-14(9-2-4-12-5-3-9)11(16)8-6-10(15)13-7-8/h2-5,8H,6-7H2,1H3,(H,13,15). The lowest BCUT2D eigenvalue weighted by Gasteiger charge is -2.19. The van der Waals surface area contributed by atoms with E-state index >= 15 is 0 Å². The highest BCUT2D eigenvalue weighted by molar-refractivity contribution is 5.98. The van der Waals surface area contributed by atoms with Gasteiger partial charge in [-0.25, -0.2) is 0 Å². The molecule has 0 radical (unpaired) electrons. The lowest BCUT2D eigenvalue weighted by molar-refractivity contribution is -0.124. The number of aromatic nitrogens is 1. The summed E-state index contributed by atoms with van der Waals surface area (Å²) in [7, 11) is 1.71. The average molecular weight is 219 g/mol. The molecule has 2 heterocycles. The zero-order valence-electron chi connectivity index (χ0n) is 9.01. The molecule has 0 bridgehead atoms. The number of nitrogens with one attached hydrogen (secondary N) is 1. The predicted molar refractivity (Wildman–Crippen MR) is 58.8 cm³/mol. The number of hydrogen-bond donors (Lipinski definition) is 1. The van der Waals surface area contributed by atoms with Gasteiger partial charge in [0, 0.05) is 38.1 Å². The van der Waals surface area contributed by atoms with E-state index in [2.05, 4.69) is 10.3 Å². The first kappa shape index (κ1) is 10.6. The lowest BCUT2D eigenvalue weighted by Crippen LogP contribution is -2.33. The van der Waals surface area contributed by atoms with Crippen molar-refractivity contribution in [2.45, 2.75) is 6.42 Å². The fourth-order valence-corrected chi connectivity index (χ4v) is 1.75. The van der Waals surface area contributed by atoms with Crippen LogP contribution in [0.4, 0.5) is 5.69 Å². The molecule has 16 heavy (non-hydrogen) atoms. The van der Waals surface area contributed by atoms with Crippen LogP contribution < -0.4 is 10.2 Å². The van der Waals surface area contributed by atoms with Crippen molar-refractivity contribution in [1.29, 1.82) is 0 Å². The number of rotatable bonds is 2. The Morgan fingerprint density at radius 2 is 2.19 bits per heavy atom. The van der Waals surface area contributed by atoms with E-state index in [0.29, 0.717) is 6.54 Å². The molecule has 5 nitrogen and oxygen atoms in total. The smallest absolute Gasteiger partial charge is 0.232 e. The lowest BCUT2D eigenvalue weighted by atomic mass is 10.1. The predicted octanol–water partition coefficient (Wildman–Crippen LogP) is 0.180. The van der Waals surface area contributed by atoms with Gasteiger partial charge in [-0.05, 0) is 12.1 Å². The summed E-state index contributed by atoms with van der Waals surface area (Å²) in [6.07, 6.45) is 3.56. The Morgan fingerprint density at radius 3 is 2.75 bits per heavy atom. The molecule has 1 aromatic rings. The van der Waals surface area contributed by atoms with Crippen molar-refractivity contribution in [2.75, 3.05) is 18.5 Å². The van der Waals surface area contributed by atoms with Crippen molar-refractivity contribution < 1.29 is 9.59 Å². The monoisotopic (exact) mass is 219 g/mol. The summed E-state index contributed by atoms with van der Waals surface area (Å²) in [5.41, 5.74) is 0.791. The minimum Gasteiger partial charge on any atom is -0.355 e. The van der Waals surface area contributed by atoms with Crippen LogP contribution in [-0.2, 0) is 9.59 Å². The zero-order chi connectivity index (χ0) is 11.5. The Kier molecular flexibility index (Phi) is 2.85. The van der Waals surface area contributed by atoms with Gasteiger partial charge in [-0.15, -0.1) is 0 Å². The Bertz CT molecular complexity index is 405. The average Bonchev–Trinajstić information content (AvgIpc) is 2.75. The zero-order valence-corrected chi connectivity index (χ0v) is 9.01. The maximum Gasteiger partial charge on any atom is 0.232 e. The second kappa shape index (κ2) is 4.30. The van der Waals surface area contributed by atoms with Crippen molar-refractivity contribution in [1.82, 2.24) is 10.3 Å². The topological polar surface area (TPSA) is 62.3 Å². The molecule has 1 atom stereocenters. The van der Waals surface area contributed by atoms with Crippen LogP contribution in [0.25, 0.3) is 0 Å². The minimum atomic E-state index is -0.245. The molecule has 1 aromatic heterocycles. The normalized spacial score (nSPS) is 19.3. The molecule has 2 rings (SSSR count). The minimum absolute atomic E-state index is 0.0375. The van der Waals surface area contributed by atoms with E-state index in [1.165, 1.54) is 0 Å². The number of carbonyl (C=O) groups is 2. The van der Waals surface area contributed by atoms with Crippen LogP contribution in [-0.4, -0.2) is 30.4 Å². The van der Waals surface area contributed by atoms with E-state index in [4.69, 9.17) is 0 Å². The molecule has 0 saturated carbocycles. The molecular formula is C11H13N3O2. The van der Waals surface area contributed by atoms with Gasteiger partial charge in [0.2, 0.25) is 11.8 Å². The van der Waals surface area contributed by atoms with E-state index < -0.39 is 0 Å². The third-order valence-corrected chi connectivity index (χ3v) is 2.71. The number of hydrogen-bond acceptors (Lipinski definition) is 3. The van der Waals surface area contributed by atoms with Crippen LogP contribution in [0.2, 0.25) is 0 Å². The maximum absolute atomic E-state index is 12.0. The largest absolute Gasteiger partial charge is 0.355 e. The van der Waals surface area contributed by atoms with E-state index in [-0.39, 0.29) is 24.2 Å². The van der Waals surface area contributed by atoms with Crippen molar-refractivity contribution in [3.8, 4) is 0 Å². The van der Waals surface area contributed by atoms with Gasteiger partial charge in [0.15, 0.2) is 0 Å². The van der Waals surface area contributed by atoms with Crippen LogP contribution in [0, 0.1) is 5.92 Å². The van der Waals surface area contributed by atoms with E-state index in [9.17, 15) is 9.59 Å². The fourth-order valence-electron chi connectivity index (χ4n) is 1.75.